The quantitative estimate of drug-likeness (QED) is 0.920. The predicted octanol–water partition coefficient (Wildman–Crippen LogP) is 3.36. The molecule has 116 valence electrons. The van der Waals surface area contributed by atoms with E-state index in [0.717, 1.165) is 18.2 Å². The van der Waals surface area contributed by atoms with Gasteiger partial charge in [0.05, 0.1) is 6.04 Å². The monoisotopic (exact) mass is 309 g/mol. The van der Waals surface area contributed by atoms with Gasteiger partial charge in [0.15, 0.2) is 18.2 Å². The first kappa shape index (κ1) is 15.9. The summed E-state index contributed by atoms with van der Waals surface area (Å²) < 4.78 is 44.1. The molecule has 1 amide bonds. The van der Waals surface area contributed by atoms with E-state index in [9.17, 15) is 18.0 Å². The number of amides is 1. The lowest BCUT2D eigenvalue weighted by Gasteiger charge is -2.15. The van der Waals surface area contributed by atoms with Gasteiger partial charge in [-0.05, 0) is 36.8 Å². The standard InChI is InChI=1S/C16H14F3NO2/c1-10(11-5-6-14(18)15(19)7-11)20-16(21)9-22-13-4-2-3-12(17)8-13/h2-8,10H,9H2,1H3,(H,20,21)/t10-/m0/s1. The Morgan fingerprint density at radius 1 is 1.14 bits per heavy atom. The summed E-state index contributed by atoms with van der Waals surface area (Å²) in [5.74, 6) is -2.61. The van der Waals surface area contributed by atoms with Gasteiger partial charge in [-0.3, -0.25) is 4.79 Å². The number of nitrogens with one attached hydrogen (secondary N) is 1. The van der Waals surface area contributed by atoms with E-state index in [0.29, 0.717) is 5.56 Å². The molecule has 0 aliphatic carbocycles. The summed E-state index contributed by atoms with van der Waals surface area (Å²) in [7, 11) is 0. The minimum absolute atomic E-state index is 0.232. The molecule has 0 heterocycles. The molecule has 0 aliphatic rings. The summed E-state index contributed by atoms with van der Waals surface area (Å²) in [6, 6.07) is 8.30. The molecule has 2 rings (SSSR count). The third-order valence-corrected chi connectivity index (χ3v) is 2.99. The summed E-state index contributed by atoms with van der Waals surface area (Å²) in [6.07, 6.45) is 0. The van der Waals surface area contributed by atoms with E-state index in [-0.39, 0.29) is 12.4 Å². The van der Waals surface area contributed by atoms with E-state index >= 15 is 0 Å². The molecular weight excluding hydrogens is 295 g/mol. The van der Waals surface area contributed by atoms with Crippen LogP contribution in [0.25, 0.3) is 0 Å². The molecule has 1 N–H and O–H groups in total. The molecule has 0 bridgehead atoms. The lowest BCUT2D eigenvalue weighted by molar-refractivity contribution is -0.123. The Morgan fingerprint density at radius 3 is 2.59 bits per heavy atom. The van der Waals surface area contributed by atoms with Gasteiger partial charge in [0.1, 0.15) is 11.6 Å². The molecule has 1 atom stereocenters. The van der Waals surface area contributed by atoms with E-state index in [2.05, 4.69) is 5.32 Å². The zero-order valence-corrected chi connectivity index (χ0v) is 11.8. The fourth-order valence-corrected chi connectivity index (χ4v) is 1.85. The number of benzene rings is 2. The third kappa shape index (κ3) is 4.25. The maximum absolute atomic E-state index is 13.1. The van der Waals surface area contributed by atoms with Crippen LogP contribution in [-0.2, 0) is 4.79 Å². The van der Waals surface area contributed by atoms with Crippen molar-refractivity contribution in [1.82, 2.24) is 5.32 Å². The minimum Gasteiger partial charge on any atom is -0.484 e. The smallest absolute Gasteiger partial charge is 0.258 e. The van der Waals surface area contributed by atoms with Gasteiger partial charge in [-0.15, -0.1) is 0 Å². The molecule has 0 saturated carbocycles. The van der Waals surface area contributed by atoms with Crippen LogP contribution in [0, 0.1) is 17.5 Å². The second kappa shape index (κ2) is 6.98. The van der Waals surface area contributed by atoms with Gasteiger partial charge < -0.3 is 10.1 Å². The highest BCUT2D eigenvalue weighted by molar-refractivity contribution is 5.78. The van der Waals surface area contributed by atoms with Crippen LogP contribution in [0.5, 0.6) is 5.75 Å². The van der Waals surface area contributed by atoms with Gasteiger partial charge in [-0.25, -0.2) is 13.2 Å². The molecule has 0 unspecified atom stereocenters. The average Bonchev–Trinajstić information content (AvgIpc) is 2.48. The highest BCUT2D eigenvalue weighted by Gasteiger charge is 2.12. The Balaban J connectivity index is 1.89. The summed E-state index contributed by atoms with van der Waals surface area (Å²) in [4.78, 5) is 11.7. The van der Waals surface area contributed by atoms with Crippen LogP contribution in [0.15, 0.2) is 42.5 Å². The molecule has 22 heavy (non-hydrogen) atoms. The summed E-state index contributed by atoms with van der Waals surface area (Å²) in [5, 5.41) is 2.58. The molecular formula is C16H14F3NO2. The van der Waals surface area contributed by atoms with E-state index in [4.69, 9.17) is 4.74 Å². The highest BCUT2D eigenvalue weighted by atomic mass is 19.2. The minimum atomic E-state index is -0.977. The number of rotatable bonds is 5. The Bertz CT molecular complexity index is 676. The third-order valence-electron chi connectivity index (χ3n) is 2.99. The van der Waals surface area contributed by atoms with Crippen molar-refractivity contribution in [3.63, 3.8) is 0 Å². The second-order valence-electron chi connectivity index (χ2n) is 4.71. The molecule has 6 heteroatoms. The number of ether oxygens (including phenoxy) is 1. The number of carbonyl (C=O) groups is 1. The van der Waals surface area contributed by atoms with Gasteiger partial charge in [-0.2, -0.15) is 0 Å². The number of halogens is 3. The largest absolute Gasteiger partial charge is 0.484 e. The van der Waals surface area contributed by atoms with Crippen molar-refractivity contribution in [2.75, 3.05) is 6.61 Å². The van der Waals surface area contributed by atoms with Crippen molar-refractivity contribution >= 4 is 5.91 Å². The predicted molar refractivity (Wildman–Crippen MR) is 74.8 cm³/mol. The highest BCUT2D eigenvalue weighted by Crippen LogP contribution is 2.16. The van der Waals surface area contributed by atoms with E-state index in [1.807, 2.05) is 0 Å². The number of carbonyl (C=O) groups excluding carboxylic acids is 1. The second-order valence-corrected chi connectivity index (χ2v) is 4.71. The Labute approximate surface area is 125 Å². The van der Waals surface area contributed by atoms with Gasteiger partial charge in [0.2, 0.25) is 0 Å². The zero-order valence-electron chi connectivity index (χ0n) is 11.8. The molecule has 3 nitrogen and oxygen atoms in total. The zero-order chi connectivity index (χ0) is 16.1. The van der Waals surface area contributed by atoms with Gasteiger partial charge in [0, 0.05) is 6.07 Å². The number of hydrogen-bond acceptors (Lipinski definition) is 2. The first-order valence-electron chi connectivity index (χ1n) is 6.58. The average molecular weight is 309 g/mol. The molecule has 2 aromatic carbocycles. The van der Waals surface area contributed by atoms with Crippen molar-refractivity contribution in [2.24, 2.45) is 0 Å². The fourth-order valence-electron chi connectivity index (χ4n) is 1.85. The lowest BCUT2D eigenvalue weighted by atomic mass is 10.1. The molecule has 0 radical (unpaired) electrons. The maximum Gasteiger partial charge on any atom is 0.258 e. The van der Waals surface area contributed by atoms with Gasteiger partial charge >= 0.3 is 0 Å². The molecule has 0 fully saturated rings. The van der Waals surface area contributed by atoms with Crippen molar-refractivity contribution < 1.29 is 22.7 Å². The van der Waals surface area contributed by atoms with E-state index < -0.39 is 29.4 Å². The Hall–Kier alpha value is -2.50. The van der Waals surface area contributed by atoms with Crippen LogP contribution in [-0.4, -0.2) is 12.5 Å². The van der Waals surface area contributed by atoms with Crippen LogP contribution >= 0.6 is 0 Å². The summed E-state index contributed by atoms with van der Waals surface area (Å²) in [6.45, 7) is 1.32. The van der Waals surface area contributed by atoms with Crippen molar-refractivity contribution in [3.8, 4) is 5.75 Å². The maximum atomic E-state index is 13.1. The Kier molecular flexibility index (Phi) is 5.04. The SMILES string of the molecule is C[C@H](NC(=O)COc1cccc(F)c1)c1ccc(F)c(F)c1. The van der Waals surface area contributed by atoms with Crippen LogP contribution < -0.4 is 10.1 Å². The first-order valence-corrected chi connectivity index (χ1v) is 6.58. The van der Waals surface area contributed by atoms with Crippen molar-refractivity contribution in [3.05, 3.63) is 65.5 Å². The van der Waals surface area contributed by atoms with Crippen LogP contribution in [0.2, 0.25) is 0 Å². The number of hydrogen-bond donors (Lipinski definition) is 1. The lowest BCUT2D eigenvalue weighted by Crippen LogP contribution is -2.31. The topological polar surface area (TPSA) is 38.3 Å². The van der Waals surface area contributed by atoms with E-state index in [1.54, 1.807) is 6.92 Å². The molecule has 0 spiro atoms. The van der Waals surface area contributed by atoms with Gasteiger partial charge in [-0.1, -0.05) is 12.1 Å². The van der Waals surface area contributed by atoms with Crippen molar-refractivity contribution in [2.45, 2.75) is 13.0 Å². The van der Waals surface area contributed by atoms with Crippen LogP contribution in [0.3, 0.4) is 0 Å². The summed E-state index contributed by atoms with van der Waals surface area (Å²) >= 11 is 0. The molecule has 0 saturated heterocycles. The Morgan fingerprint density at radius 2 is 1.91 bits per heavy atom. The first-order chi connectivity index (χ1) is 10.5. The van der Waals surface area contributed by atoms with Crippen molar-refractivity contribution in [1.29, 1.82) is 0 Å². The molecule has 0 aliphatic heterocycles. The summed E-state index contributed by atoms with van der Waals surface area (Å²) in [5.41, 5.74) is 0.429. The molecule has 0 aromatic heterocycles. The fraction of sp³-hybridized carbons (Fsp3) is 0.188. The molecule has 2 aromatic rings. The van der Waals surface area contributed by atoms with Gasteiger partial charge in [0.25, 0.3) is 5.91 Å². The van der Waals surface area contributed by atoms with E-state index in [1.165, 1.54) is 24.3 Å². The normalized spacial score (nSPS) is 11.8. The van der Waals surface area contributed by atoms with Crippen LogP contribution in [0.1, 0.15) is 18.5 Å². The van der Waals surface area contributed by atoms with Crippen LogP contribution in [0.4, 0.5) is 13.2 Å².